The summed E-state index contributed by atoms with van der Waals surface area (Å²) in [4.78, 5) is 2.31. The highest BCUT2D eigenvalue weighted by atomic mass is 16.5. The van der Waals surface area contributed by atoms with Gasteiger partial charge in [0.15, 0.2) is 0 Å². The Morgan fingerprint density at radius 1 is 1.30 bits per heavy atom. The zero-order chi connectivity index (χ0) is 14.1. The van der Waals surface area contributed by atoms with E-state index in [0.29, 0.717) is 12.0 Å². The lowest BCUT2D eigenvalue weighted by molar-refractivity contribution is -0.00463. The molecule has 0 bridgehead atoms. The monoisotopic (exact) mass is 271 g/mol. The summed E-state index contributed by atoms with van der Waals surface area (Å²) in [6.07, 6.45) is 4.51. The number of rotatable bonds is 1. The lowest BCUT2D eigenvalue weighted by atomic mass is 9.57. The van der Waals surface area contributed by atoms with Crippen LogP contribution in [0.5, 0.6) is 5.75 Å². The molecule has 3 heteroatoms. The molecule has 2 aliphatic carbocycles. The van der Waals surface area contributed by atoms with Crippen LogP contribution in [0.2, 0.25) is 0 Å². The van der Waals surface area contributed by atoms with E-state index >= 15 is 0 Å². The third-order valence-corrected chi connectivity index (χ3v) is 5.52. The minimum atomic E-state index is -0.516. The topological polar surface area (TPSA) is 32.7 Å². The van der Waals surface area contributed by atoms with E-state index in [1.54, 1.807) is 0 Å². The minimum Gasteiger partial charge on any atom is -0.486 e. The molecular formula is C17H21NO2. The fourth-order valence-electron chi connectivity index (χ4n) is 4.56. The van der Waals surface area contributed by atoms with Gasteiger partial charge in [0, 0.05) is 22.9 Å². The summed E-state index contributed by atoms with van der Waals surface area (Å²) in [5.74, 6) is 1.36. The molecule has 1 N–H and O–H groups in total. The van der Waals surface area contributed by atoms with E-state index in [1.165, 1.54) is 11.1 Å². The summed E-state index contributed by atoms with van der Waals surface area (Å²) in [6, 6.07) is 6.78. The number of aliphatic hydroxyl groups is 1. The fraction of sp³-hybridized carbons (Fsp3) is 0.529. The molecule has 0 fully saturated rings. The van der Waals surface area contributed by atoms with E-state index in [-0.39, 0.29) is 11.5 Å². The van der Waals surface area contributed by atoms with E-state index in [2.05, 4.69) is 44.1 Å². The fourth-order valence-corrected chi connectivity index (χ4v) is 4.56. The van der Waals surface area contributed by atoms with Crippen LogP contribution in [0.15, 0.2) is 30.4 Å². The number of hydrogen-bond donors (Lipinski definition) is 1. The standard InChI is InChI=1S/C17H21NO2/c1-17-11-7-8-13(19)16(17)20-14-6-4-5-10(15(14)17)9-12(11)18(2)3/h4-8,11-13,16,19H,9H2,1-3H3. The van der Waals surface area contributed by atoms with Crippen LogP contribution in [-0.2, 0) is 11.8 Å². The summed E-state index contributed by atoms with van der Waals surface area (Å²) < 4.78 is 6.13. The molecule has 0 amide bonds. The SMILES string of the molecule is CN(C)C1Cc2cccc3c2C2(C)C1C=CC(O)C2O3. The highest BCUT2D eigenvalue weighted by Gasteiger charge is 2.59. The summed E-state index contributed by atoms with van der Waals surface area (Å²) in [5, 5.41) is 10.3. The molecule has 0 saturated heterocycles. The quantitative estimate of drug-likeness (QED) is 0.790. The second kappa shape index (κ2) is 3.86. The second-order valence-electron chi connectivity index (χ2n) is 6.75. The van der Waals surface area contributed by atoms with Gasteiger partial charge >= 0.3 is 0 Å². The zero-order valence-electron chi connectivity index (χ0n) is 12.2. The number of hydrogen-bond acceptors (Lipinski definition) is 3. The van der Waals surface area contributed by atoms with Gasteiger partial charge in [0.1, 0.15) is 18.0 Å². The van der Waals surface area contributed by atoms with Crippen LogP contribution >= 0.6 is 0 Å². The molecule has 0 saturated carbocycles. The summed E-state index contributed by atoms with van der Waals surface area (Å²) in [6.45, 7) is 2.26. The van der Waals surface area contributed by atoms with Crippen molar-refractivity contribution < 1.29 is 9.84 Å². The molecule has 1 aromatic rings. The number of likely N-dealkylation sites (N-methyl/N-ethyl adjacent to an activating group) is 1. The Kier molecular flexibility index (Phi) is 2.40. The predicted molar refractivity (Wildman–Crippen MR) is 78.0 cm³/mol. The van der Waals surface area contributed by atoms with Crippen LogP contribution in [-0.4, -0.2) is 42.4 Å². The maximum Gasteiger partial charge on any atom is 0.138 e. The van der Waals surface area contributed by atoms with Crippen LogP contribution in [0.4, 0.5) is 0 Å². The maximum atomic E-state index is 10.3. The number of ether oxygens (including phenoxy) is 1. The van der Waals surface area contributed by atoms with Gasteiger partial charge in [-0.3, -0.25) is 0 Å². The van der Waals surface area contributed by atoms with Gasteiger partial charge in [-0.15, -0.1) is 0 Å². The van der Waals surface area contributed by atoms with Gasteiger partial charge in [-0.25, -0.2) is 0 Å². The van der Waals surface area contributed by atoms with Crippen molar-refractivity contribution >= 4 is 0 Å². The summed E-state index contributed by atoms with van der Waals surface area (Å²) >= 11 is 0. The molecule has 0 spiro atoms. The third-order valence-electron chi connectivity index (χ3n) is 5.52. The Morgan fingerprint density at radius 3 is 2.85 bits per heavy atom. The normalized spacial score (nSPS) is 40.6. The second-order valence-corrected chi connectivity index (χ2v) is 6.75. The molecule has 106 valence electrons. The number of aliphatic hydroxyl groups excluding tert-OH is 1. The molecule has 20 heavy (non-hydrogen) atoms. The lowest BCUT2D eigenvalue weighted by Crippen LogP contribution is -2.58. The molecule has 1 heterocycles. The van der Waals surface area contributed by atoms with Crippen molar-refractivity contribution in [3.05, 3.63) is 41.5 Å². The van der Waals surface area contributed by atoms with Crippen molar-refractivity contribution in [1.29, 1.82) is 0 Å². The van der Waals surface area contributed by atoms with E-state index in [0.717, 1.165) is 12.2 Å². The van der Waals surface area contributed by atoms with E-state index in [4.69, 9.17) is 4.74 Å². The first kappa shape index (κ1) is 12.4. The Balaban J connectivity index is 1.97. The first-order valence-corrected chi connectivity index (χ1v) is 7.35. The van der Waals surface area contributed by atoms with Crippen LogP contribution < -0.4 is 4.74 Å². The third kappa shape index (κ3) is 1.32. The molecular weight excluding hydrogens is 250 g/mol. The molecule has 4 rings (SSSR count). The molecule has 5 atom stereocenters. The smallest absolute Gasteiger partial charge is 0.138 e. The van der Waals surface area contributed by atoms with Crippen molar-refractivity contribution in [2.75, 3.05) is 14.1 Å². The van der Waals surface area contributed by atoms with Gasteiger partial charge < -0.3 is 14.7 Å². The van der Waals surface area contributed by atoms with E-state index in [9.17, 15) is 5.11 Å². The zero-order valence-corrected chi connectivity index (χ0v) is 12.2. The van der Waals surface area contributed by atoms with Gasteiger partial charge in [-0.1, -0.05) is 31.2 Å². The van der Waals surface area contributed by atoms with Crippen LogP contribution in [0, 0.1) is 5.92 Å². The minimum absolute atomic E-state index is 0.118. The van der Waals surface area contributed by atoms with Crippen molar-refractivity contribution in [3.63, 3.8) is 0 Å². The summed E-state index contributed by atoms with van der Waals surface area (Å²) in [7, 11) is 4.29. The molecule has 5 unspecified atom stereocenters. The Labute approximate surface area is 119 Å². The highest BCUT2D eigenvalue weighted by Crippen LogP contribution is 2.56. The van der Waals surface area contributed by atoms with Gasteiger partial charge in [0.25, 0.3) is 0 Å². The predicted octanol–water partition coefficient (Wildman–Crippen LogP) is 1.74. The average Bonchev–Trinajstić information content (AvgIpc) is 2.72. The van der Waals surface area contributed by atoms with E-state index < -0.39 is 6.10 Å². The molecule has 1 aromatic carbocycles. The molecule has 3 nitrogen and oxygen atoms in total. The van der Waals surface area contributed by atoms with Crippen LogP contribution in [0.1, 0.15) is 18.1 Å². The number of nitrogens with zero attached hydrogens (tertiary/aromatic N) is 1. The Hall–Kier alpha value is -1.32. The first-order chi connectivity index (χ1) is 9.53. The van der Waals surface area contributed by atoms with Gasteiger partial charge in [-0.2, -0.15) is 0 Å². The Morgan fingerprint density at radius 2 is 2.10 bits per heavy atom. The van der Waals surface area contributed by atoms with E-state index in [1.807, 2.05) is 12.1 Å². The van der Waals surface area contributed by atoms with Crippen molar-refractivity contribution in [1.82, 2.24) is 4.90 Å². The van der Waals surface area contributed by atoms with Crippen molar-refractivity contribution in [3.8, 4) is 5.75 Å². The largest absolute Gasteiger partial charge is 0.486 e. The highest BCUT2D eigenvalue weighted by molar-refractivity contribution is 5.55. The molecule has 0 radical (unpaired) electrons. The molecule has 1 aliphatic heterocycles. The van der Waals surface area contributed by atoms with Crippen LogP contribution in [0.3, 0.4) is 0 Å². The summed E-state index contributed by atoms with van der Waals surface area (Å²) in [5.41, 5.74) is 2.59. The molecule has 3 aliphatic rings. The lowest BCUT2D eigenvalue weighted by Gasteiger charge is -2.50. The number of benzene rings is 1. The maximum absolute atomic E-state index is 10.3. The Bertz CT molecular complexity index is 595. The van der Waals surface area contributed by atoms with Gasteiger partial charge in [0.05, 0.1) is 0 Å². The van der Waals surface area contributed by atoms with Crippen LogP contribution in [0.25, 0.3) is 0 Å². The van der Waals surface area contributed by atoms with Crippen molar-refractivity contribution in [2.24, 2.45) is 5.92 Å². The first-order valence-electron chi connectivity index (χ1n) is 7.35. The van der Waals surface area contributed by atoms with Gasteiger partial charge in [-0.05, 0) is 32.1 Å². The van der Waals surface area contributed by atoms with Crippen molar-refractivity contribution in [2.45, 2.75) is 37.0 Å². The van der Waals surface area contributed by atoms with Gasteiger partial charge in [0.2, 0.25) is 0 Å². The molecule has 0 aromatic heterocycles. The average molecular weight is 271 g/mol.